The maximum atomic E-state index is 13.5. The molecule has 5 heteroatoms. The molecule has 1 aromatic carbocycles. The van der Waals surface area contributed by atoms with Crippen molar-refractivity contribution in [1.29, 1.82) is 0 Å². The second-order valence-electron chi connectivity index (χ2n) is 3.22. The lowest BCUT2D eigenvalue weighted by Crippen LogP contribution is -1.81. The predicted octanol–water partition coefficient (Wildman–Crippen LogP) is 2.39. The average Bonchev–Trinajstić information content (AvgIpc) is 2.54. The number of fused-ring (bicyclic) bond motifs is 3. The van der Waals surface area contributed by atoms with E-state index in [1.54, 1.807) is 0 Å². The Morgan fingerprint density at radius 2 is 2.00 bits per heavy atom. The predicted molar refractivity (Wildman–Crippen MR) is 51.3 cm³/mol. The van der Waals surface area contributed by atoms with Gasteiger partial charge in [-0.2, -0.15) is 0 Å². The Balaban J connectivity index is 2.61. The van der Waals surface area contributed by atoms with Crippen molar-refractivity contribution in [1.82, 2.24) is 15.0 Å². The minimum atomic E-state index is -0.616. The first-order valence-electron chi connectivity index (χ1n) is 4.32. The van der Waals surface area contributed by atoms with Crippen molar-refractivity contribution >= 4 is 21.9 Å². The first-order valence-corrected chi connectivity index (χ1v) is 4.32. The van der Waals surface area contributed by atoms with E-state index in [4.69, 9.17) is 0 Å². The van der Waals surface area contributed by atoms with Crippen molar-refractivity contribution in [3.63, 3.8) is 0 Å². The molecule has 3 aromatic rings. The Labute approximate surface area is 82.8 Å². The summed E-state index contributed by atoms with van der Waals surface area (Å²) in [5, 5.41) is 0.300. The van der Waals surface area contributed by atoms with E-state index in [2.05, 4.69) is 15.0 Å². The van der Waals surface area contributed by atoms with Crippen molar-refractivity contribution in [2.75, 3.05) is 0 Å². The second kappa shape index (κ2) is 2.73. The summed E-state index contributed by atoms with van der Waals surface area (Å²) in [6.45, 7) is 0. The largest absolute Gasteiger partial charge is 0.352 e. The zero-order chi connectivity index (χ0) is 10.4. The van der Waals surface area contributed by atoms with Crippen molar-refractivity contribution in [3.8, 4) is 0 Å². The second-order valence-corrected chi connectivity index (χ2v) is 3.22. The number of rotatable bonds is 0. The Morgan fingerprint density at radius 1 is 1.13 bits per heavy atom. The van der Waals surface area contributed by atoms with Crippen LogP contribution in [0.5, 0.6) is 0 Å². The van der Waals surface area contributed by atoms with Crippen LogP contribution in [0.4, 0.5) is 8.78 Å². The number of aromatic nitrogens is 3. The summed E-state index contributed by atoms with van der Waals surface area (Å²) in [7, 11) is 0. The molecule has 2 heterocycles. The molecule has 0 aliphatic rings. The number of benzene rings is 1. The van der Waals surface area contributed by atoms with Gasteiger partial charge in [-0.05, 0) is 6.07 Å². The molecule has 0 spiro atoms. The third-order valence-electron chi connectivity index (χ3n) is 2.27. The molecule has 0 aliphatic heterocycles. The van der Waals surface area contributed by atoms with Gasteiger partial charge in [0, 0.05) is 6.07 Å². The summed E-state index contributed by atoms with van der Waals surface area (Å²) in [4.78, 5) is 10.6. The molecule has 0 radical (unpaired) electrons. The fraction of sp³-hybridized carbons (Fsp3) is 0. The number of H-pyrrole nitrogens is 1. The van der Waals surface area contributed by atoms with Crippen LogP contribution in [0.2, 0.25) is 0 Å². The lowest BCUT2D eigenvalue weighted by atomic mass is 10.2. The maximum Gasteiger partial charge on any atom is 0.137 e. The molecule has 0 saturated carbocycles. The highest BCUT2D eigenvalue weighted by atomic mass is 19.1. The lowest BCUT2D eigenvalue weighted by Gasteiger charge is -1.93. The lowest BCUT2D eigenvalue weighted by molar-refractivity contribution is 0.592. The molecule has 0 amide bonds. The SMILES string of the molecule is Fc1cc(F)c2c(c1)[nH]c1cncnc12. The van der Waals surface area contributed by atoms with Gasteiger partial charge in [-0.1, -0.05) is 0 Å². The molecular formula is C10H5F2N3. The van der Waals surface area contributed by atoms with Gasteiger partial charge in [-0.15, -0.1) is 0 Å². The Bertz CT molecular complexity index is 660. The van der Waals surface area contributed by atoms with E-state index in [-0.39, 0.29) is 0 Å². The first-order chi connectivity index (χ1) is 7.25. The minimum Gasteiger partial charge on any atom is -0.352 e. The molecule has 0 bridgehead atoms. The van der Waals surface area contributed by atoms with E-state index in [0.29, 0.717) is 21.9 Å². The molecule has 0 saturated heterocycles. The molecule has 3 nitrogen and oxygen atoms in total. The van der Waals surface area contributed by atoms with Gasteiger partial charge in [-0.3, -0.25) is 0 Å². The van der Waals surface area contributed by atoms with E-state index in [1.807, 2.05) is 0 Å². The van der Waals surface area contributed by atoms with E-state index in [1.165, 1.54) is 18.6 Å². The fourth-order valence-corrected chi connectivity index (χ4v) is 1.68. The minimum absolute atomic E-state index is 0.300. The molecule has 0 fully saturated rings. The molecule has 15 heavy (non-hydrogen) atoms. The highest BCUT2D eigenvalue weighted by Gasteiger charge is 2.11. The van der Waals surface area contributed by atoms with Gasteiger partial charge in [0.1, 0.15) is 23.5 Å². The maximum absolute atomic E-state index is 13.5. The van der Waals surface area contributed by atoms with Crippen LogP contribution in [-0.4, -0.2) is 15.0 Å². The Kier molecular flexibility index (Phi) is 1.50. The number of halogens is 2. The van der Waals surface area contributed by atoms with Gasteiger partial charge in [-0.25, -0.2) is 18.7 Å². The molecule has 0 atom stereocenters. The Hall–Kier alpha value is -2.04. The van der Waals surface area contributed by atoms with Crippen molar-refractivity contribution in [3.05, 3.63) is 36.3 Å². The van der Waals surface area contributed by atoms with Crippen molar-refractivity contribution < 1.29 is 8.78 Å². The normalized spacial score (nSPS) is 11.3. The zero-order valence-electron chi connectivity index (χ0n) is 7.46. The Morgan fingerprint density at radius 3 is 2.87 bits per heavy atom. The van der Waals surface area contributed by atoms with E-state index in [9.17, 15) is 8.78 Å². The van der Waals surface area contributed by atoms with Crippen LogP contribution in [0.25, 0.3) is 21.9 Å². The van der Waals surface area contributed by atoms with Crippen molar-refractivity contribution in [2.24, 2.45) is 0 Å². The highest BCUT2D eigenvalue weighted by Crippen LogP contribution is 2.26. The monoisotopic (exact) mass is 205 g/mol. The number of hydrogen-bond acceptors (Lipinski definition) is 2. The van der Waals surface area contributed by atoms with E-state index in [0.717, 1.165) is 6.07 Å². The van der Waals surface area contributed by atoms with Crippen LogP contribution >= 0.6 is 0 Å². The van der Waals surface area contributed by atoms with Crippen LogP contribution in [0.1, 0.15) is 0 Å². The van der Waals surface area contributed by atoms with Crippen LogP contribution < -0.4 is 0 Å². The van der Waals surface area contributed by atoms with Gasteiger partial charge >= 0.3 is 0 Å². The summed E-state index contributed by atoms with van der Waals surface area (Å²) in [5.74, 6) is -1.23. The van der Waals surface area contributed by atoms with E-state index < -0.39 is 11.6 Å². The summed E-state index contributed by atoms with van der Waals surface area (Å²) in [6.07, 6.45) is 2.86. The molecule has 3 rings (SSSR count). The highest BCUT2D eigenvalue weighted by molar-refractivity contribution is 6.04. The molecule has 0 aliphatic carbocycles. The van der Waals surface area contributed by atoms with Crippen LogP contribution in [0, 0.1) is 11.6 Å². The number of aromatic amines is 1. The molecule has 74 valence electrons. The van der Waals surface area contributed by atoms with E-state index >= 15 is 0 Å². The standard InChI is InChI=1S/C10H5F2N3/c11-5-1-6(12)9-7(2-5)15-8-3-13-4-14-10(8)9/h1-4,15H. The summed E-state index contributed by atoms with van der Waals surface area (Å²) in [5.41, 5.74) is 1.46. The van der Waals surface area contributed by atoms with Crippen LogP contribution in [-0.2, 0) is 0 Å². The third kappa shape index (κ3) is 1.09. The van der Waals surface area contributed by atoms with Gasteiger partial charge in [0.15, 0.2) is 0 Å². The summed E-state index contributed by atoms with van der Waals surface area (Å²) < 4.78 is 26.4. The smallest absolute Gasteiger partial charge is 0.137 e. The molecule has 0 unspecified atom stereocenters. The fourth-order valence-electron chi connectivity index (χ4n) is 1.68. The van der Waals surface area contributed by atoms with Crippen molar-refractivity contribution in [2.45, 2.75) is 0 Å². The molecule has 1 N–H and O–H groups in total. The first kappa shape index (κ1) is 8.28. The number of nitrogens with one attached hydrogen (secondary N) is 1. The number of hydrogen-bond donors (Lipinski definition) is 1. The van der Waals surface area contributed by atoms with Gasteiger partial charge in [0.25, 0.3) is 0 Å². The van der Waals surface area contributed by atoms with Gasteiger partial charge in [0.2, 0.25) is 0 Å². The third-order valence-corrected chi connectivity index (χ3v) is 2.27. The van der Waals surface area contributed by atoms with Crippen LogP contribution in [0.15, 0.2) is 24.7 Å². The number of nitrogens with zero attached hydrogens (tertiary/aromatic N) is 2. The molecular weight excluding hydrogens is 200 g/mol. The quantitative estimate of drug-likeness (QED) is 0.612. The average molecular weight is 205 g/mol. The van der Waals surface area contributed by atoms with Crippen LogP contribution in [0.3, 0.4) is 0 Å². The molecule has 2 aromatic heterocycles. The topological polar surface area (TPSA) is 41.6 Å². The van der Waals surface area contributed by atoms with Gasteiger partial charge < -0.3 is 4.98 Å². The summed E-state index contributed by atoms with van der Waals surface area (Å²) in [6, 6.07) is 2.08. The van der Waals surface area contributed by atoms with Gasteiger partial charge in [0.05, 0.1) is 22.6 Å². The zero-order valence-corrected chi connectivity index (χ0v) is 7.46. The summed E-state index contributed by atoms with van der Waals surface area (Å²) >= 11 is 0.